The number of ether oxygens (including phenoxy) is 1. The zero-order valence-corrected chi connectivity index (χ0v) is 11.1. The predicted octanol–water partition coefficient (Wildman–Crippen LogP) is 1.60. The van der Waals surface area contributed by atoms with Crippen LogP contribution in [-0.2, 0) is 16.0 Å². The van der Waals surface area contributed by atoms with Crippen LogP contribution < -0.4 is 0 Å². The number of hydrogen-bond acceptors (Lipinski definition) is 3. The lowest BCUT2D eigenvalue weighted by Crippen LogP contribution is -2.30. The van der Waals surface area contributed by atoms with Gasteiger partial charge in [-0.05, 0) is 24.1 Å². The first-order valence-corrected chi connectivity index (χ1v) is 6.48. The van der Waals surface area contributed by atoms with Crippen molar-refractivity contribution in [2.45, 2.75) is 12.8 Å². The molecule has 1 aliphatic rings. The molecule has 1 aromatic rings. The summed E-state index contributed by atoms with van der Waals surface area (Å²) >= 11 is 0. The highest BCUT2D eigenvalue weighted by molar-refractivity contribution is 5.79. The molecule has 100 valence electrons. The Labute approximate surface area is 113 Å². The van der Waals surface area contributed by atoms with Gasteiger partial charge in [-0.3, -0.25) is 4.79 Å². The van der Waals surface area contributed by atoms with Crippen molar-refractivity contribution in [3.8, 4) is 6.07 Å². The number of amides is 1. The highest BCUT2D eigenvalue weighted by atomic mass is 16.5. The van der Waals surface area contributed by atoms with Crippen molar-refractivity contribution in [3.05, 3.63) is 35.4 Å². The van der Waals surface area contributed by atoms with E-state index >= 15 is 0 Å². The molecule has 1 amide bonds. The Bertz CT molecular complexity index is 476. The van der Waals surface area contributed by atoms with E-state index in [1.807, 2.05) is 17.0 Å². The van der Waals surface area contributed by atoms with Gasteiger partial charge in [0.1, 0.15) is 0 Å². The highest BCUT2D eigenvalue weighted by Crippen LogP contribution is 2.17. The van der Waals surface area contributed by atoms with Crippen molar-refractivity contribution in [2.75, 3.05) is 26.8 Å². The average Bonchev–Trinajstić information content (AvgIpc) is 2.89. The molecule has 1 aliphatic heterocycles. The predicted molar refractivity (Wildman–Crippen MR) is 71.4 cm³/mol. The topological polar surface area (TPSA) is 53.3 Å². The molecule has 1 heterocycles. The van der Waals surface area contributed by atoms with E-state index in [9.17, 15) is 4.79 Å². The molecule has 4 nitrogen and oxygen atoms in total. The summed E-state index contributed by atoms with van der Waals surface area (Å²) in [5.74, 6) is 0.623. The van der Waals surface area contributed by atoms with Gasteiger partial charge in [0.15, 0.2) is 0 Å². The number of rotatable bonds is 4. The highest BCUT2D eigenvalue weighted by Gasteiger charge is 2.25. The minimum atomic E-state index is 0.156. The fourth-order valence-corrected chi connectivity index (χ4v) is 2.41. The lowest BCUT2D eigenvalue weighted by molar-refractivity contribution is -0.129. The van der Waals surface area contributed by atoms with Crippen molar-refractivity contribution in [2.24, 2.45) is 5.92 Å². The first kappa shape index (κ1) is 13.6. The number of carbonyl (C=O) groups excluding carboxylic acids is 1. The van der Waals surface area contributed by atoms with E-state index < -0.39 is 0 Å². The van der Waals surface area contributed by atoms with Crippen LogP contribution in [0.15, 0.2) is 24.3 Å². The van der Waals surface area contributed by atoms with Crippen molar-refractivity contribution >= 4 is 5.91 Å². The Kier molecular flexibility index (Phi) is 4.53. The van der Waals surface area contributed by atoms with Gasteiger partial charge in [-0.1, -0.05) is 12.1 Å². The standard InChI is InChI=1S/C15H18N2O2/c1-19-11-14-6-7-17(10-14)15(18)8-12-2-4-13(9-16)5-3-12/h2-5,14H,6-8,10-11H2,1H3. The molecule has 1 fully saturated rings. The summed E-state index contributed by atoms with van der Waals surface area (Å²) in [7, 11) is 1.70. The molecular formula is C15H18N2O2. The first-order valence-electron chi connectivity index (χ1n) is 6.48. The number of methoxy groups -OCH3 is 1. The van der Waals surface area contributed by atoms with Crippen molar-refractivity contribution in [3.63, 3.8) is 0 Å². The summed E-state index contributed by atoms with van der Waals surface area (Å²) in [6.07, 6.45) is 1.43. The molecule has 2 rings (SSSR count). The Morgan fingerprint density at radius 1 is 1.47 bits per heavy atom. The van der Waals surface area contributed by atoms with Crippen LogP contribution in [0.4, 0.5) is 0 Å². The Morgan fingerprint density at radius 2 is 2.21 bits per heavy atom. The molecule has 1 atom stereocenters. The van der Waals surface area contributed by atoms with E-state index in [4.69, 9.17) is 10.00 Å². The maximum Gasteiger partial charge on any atom is 0.227 e. The SMILES string of the molecule is COCC1CCN(C(=O)Cc2ccc(C#N)cc2)C1. The molecule has 0 spiro atoms. The first-order chi connectivity index (χ1) is 9.22. The fourth-order valence-electron chi connectivity index (χ4n) is 2.41. The average molecular weight is 258 g/mol. The molecule has 4 heteroatoms. The third kappa shape index (κ3) is 3.55. The third-order valence-corrected chi connectivity index (χ3v) is 3.48. The molecule has 1 saturated heterocycles. The molecule has 1 aromatic carbocycles. The lowest BCUT2D eigenvalue weighted by Gasteiger charge is -2.16. The van der Waals surface area contributed by atoms with E-state index in [1.54, 1.807) is 19.2 Å². The molecule has 0 saturated carbocycles. The molecule has 19 heavy (non-hydrogen) atoms. The number of likely N-dealkylation sites (tertiary alicyclic amines) is 1. The number of carbonyl (C=O) groups is 1. The summed E-state index contributed by atoms with van der Waals surface area (Å²) in [5.41, 5.74) is 1.58. The number of hydrogen-bond donors (Lipinski definition) is 0. The molecule has 0 bridgehead atoms. The van der Waals surface area contributed by atoms with Gasteiger partial charge >= 0.3 is 0 Å². The molecule has 0 N–H and O–H groups in total. The van der Waals surface area contributed by atoms with Gasteiger partial charge in [-0.15, -0.1) is 0 Å². The number of nitriles is 1. The zero-order valence-electron chi connectivity index (χ0n) is 11.1. The molecular weight excluding hydrogens is 240 g/mol. The smallest absolute Gasteiger partial charge is 0.227 e. The second-order valence-corrected chi connectivity index (χ2v) is 4.94. The van der Waals surface area contributed by atoms with Crippen LogP contribution in [0.5, 0.6) is 0 Å². The zero-order chi connectivity index (χ0) is 13.7. The van der Waals surface area contributed by atoms with E-state index in [1.165, 1.54) is 0 Å². The van der Waals surface area contributed by atoms with Gasteiger partial charge in [0.25, 0.3) is 0 Å². The van der Waals surface area contributed by atoms with Crippen molar-refractivity contribution in [1.29, 1.82) is 5.26 Å². The molecule has 1 unspecified atom stereocenters. The Hall–Kier alpha value is -1.86. The van der Waals surface area contributed by atoms with Gasteiger partial charge in [-0.2, -0.15) is 5.26 Å². The molecule has 0 aromatic heterocycles. The summed E-state index contributed by atoms with van der Waals surface area (Å²) in [4.78, 5) is 14.0. The minimum absolute atomic E-state index is 0.156. The fraction of sp³-hybridized carbons (Fsp3) is 0.467. The quantitative estimate of drug-likeness (QED) is 0.824. The summed E-state index contributed by atoms with van der Waals surface area (Å²) in [6, 6.07) is 9.27. The largest absolute Gasteiger partial charge is 0.384 e. The second-order valence-electron chi connectivity index (χ2n) is 4.94. The third-order valence-electron chi connectivity index (χ3n) is 3.48. The van der Waals surface area contributed by atoms with Crippen molar-refractivity contribution < 1.29 is 9.53 Å². The normalized spacial score (nSPS) is 18.3. The Balaban J connectivity index is 1.89. The molecule has 0 aliphatic carbocycles. The van der Waals surface area contributed by atoms with E-state index in [2.05, 4.69) is 6.07 Å². The minimum Gasteiger partial charge on any atom is -0.384 e. The summed E-state index contributed by atoms with van der Waals surface area (Å²) < 4.78 is 5.13. The van der Waals surface area contributed by atoms with Gasteiger partial charge < -0.3 is 9.64 Å². The monoisotopic (exact) mass is 258 g/mol. The van der Waals surface area contributed by atoms with Crippen LogP contribution in [0.25, 0.3) is 0 Å². The summed E-state index contributed by atoms with van der Waals surface area (Å²) in [6.45, 7) is 2.34. The van der Waals surface area contributed by atoms with Gasteiger partial charge in [0.2, 0.25) is 5.91 Å². The Morgan fingerprint density at radius 3 is 2.84 bits per heavy atom. The summed E-state index contributed by atoms with van der Waals surface area (Å²) in [5, 5.41) is 8.73. The van der Waals surface area contributed by atoms with Gasteiger partial charge in [-0.25, -0.2) is 0 Å². The maximum absolute atomic E-state index is 12.1. The van der Waals surface area contributed by atoms with Crippen LogP contribution in [0.3, 0.4) is 0 Å². The van der Waals surface area contributed by atoms with Crippen LogP contribution in [0, 0.1) is 17.2 Å². The number of nitrogens with zero attached hydrogens (tertiary/aromatic N) is 2. The van der Waals surface area contributed by atoms with E-state index in [0.29, 0.717) is 17.9 Å². The van der Waals surface area contributed by atoms with Crippen molar-refractivity contribution in [1.82, 2.24) is 4.90 Å². The van der Waals surface area contributed by atoms with Gasteiger partial charge in [0.05, 0.1) is 24.7 Å². The van der Waals surface area contributed by atoms with Crippen LogP contribution in [-0.4, -0.2) is 37.6 Å². The lowest BCUT2D eigenvalue weighted by atomic mass is 10.1. The van der Waals surface area contributed by atoms with Crippen LogP contribution in [0.2, 0.25) is 0 Å². The van der Waals surface area contributed by atoms with Gasteiger partial charge in [0, 0.05) is 26.1 Å². The number of benzene rings is 1. The second kappa shape index (κ2) is 6.35. The van der Waals surface area contributed by atoms with E-state index in [-0.39, 0.29) is 5.91 Å². The molecule has 0 radical (unpaired) electrons. The van der Waals surface area contributed by atoms with E-state index in [0.717, 1.165) is 31.7 Å². The maximum atomic E-state index is 12.1. The van der Waals surface area contributed by atoms with Crippen LogP contribution in [0.1, 0.15) is 17.5 Å². The van der Waals surface area contributed by atoms with Crippen LogP contribution >= 0.6 is 0 Å².